The van der Waals surface area contributed by atoms with Crippen LogP contribution in [0.15, 0.2) is 64.5 Å². The average Bonchev–Trinajstić information content (AvgIpc) is 3.34. The molecule has 1 unspecified atom stereocenters. The molecule has 0 bridgehead atoms. The summed E-state index contributed by atoms with van der Waals surface area (Å²) in [7, 11) is 0. The first-order valence-electron chi connectivity index (χ1n) is 12.1. The molecule has 0 aliphatic carbocycles. The van der Waals surface area contributed by atoms with Crippen LogP contribution in [0, 0.1) is 5.92 Å². The van der Waals surface area contributed by atoms with Crippen molar-refractivity contribution in [1.29, 1.82) is 0 Å². The number of hydrogen-bond donors (Lipinski definition) is 0. The second kappa shape index (κ2) is 12.3. The highest BCUT2D eigenvalue weighted by Gasteiger charge is 2.33. The van der Waals surface area contributed by atoms with Gasteiger partial charge in [-0.2, -0.15) is 0 Å². The zero-order chi connectivity index (χ0) is 25.7. The Morgan fingerprint density at radius 3 is 2.69 bits per heavy atom. The van der Waals surface area contributed by atoms with Gasteiger partial charge in [0.05, 0.1) is 6.04 Å². The minimum atomic E-state index is -0.212. The van der Waals surface area contributed by atoms with E-state index in [-0.39, 0.29) is 24.4 Å². The van der Waals surface area contributed by atoms with Crippen LogP contribution in [0.25, 0.3) is 0 Å². The largest absolute Gasteiger partial charge is 0.491 e. The van der Waals surface area contributed by atoms with Crippen molar-refractivity contribution in [3.8, 4) is 5.75 Å². The van der Waals surface area contributed by atoms with Crippen molar-refractivity contribution in [3.05, 3.63) is 85.5 Å². The van der Waals surface area contributed by atoms with Crippen molar-refractivity contribution in [3.63, 3.8) is 0 Å². The number of ether oxygens (including phenoxy) is 1. The molecule has 0 fully saturated rings. The predicted octanol–water partition coefficient (Wildman–Crippen LogP) is 6.86. The quantitative estimate of drug-likeness (QED) is 0.274. The monoisotopic (exact) mass is 588 g/mol. The molecule has 1 aromatic heterocycles. The van der Waals surface area contributed by atoms with Crippen LogP contribution in [0.5, 0.6) is 5.75 Å². The third-order valence-corrected chi connectivity index (χ3v) is 8.04. The van der Waals surface area contributed by atoms with Gasteiger partial charge >= 0.3 is 0 Å². The van der Waals surface area contributed by atoms with Crippen LogP contribution in [0.4, 0.5) is 0 Å². The Hall–Kier alpha value is -2.35. The second-order valence-corrected chi connectivity index (χ2v) is 11.7. The lowest BCUT2D eigenvalue weighted by atomic mass is 10.00. The summed E-state index contributed by atoms with van der Waals surface area (Å²) in [6, 6.07) is 16.4. The molecule has 2 amide bonds. The molecule has 2 aromatic carbocycles. The first-order valence-corrected chi connectivity index (χ1v) is 14.2. The van der Waals surface area contributed by atoms with Gasteiger partial charge < -0.3 is 14.5 Å². The van der Waals surface area contributed by atoms with E-state index in [0.717, 1.165) is 22.9 Å². The molecule has 4 rings (SSSR count). The van der Waals surface area contributed by atoms with E-state index in [1.54, 1.807) is 40.5 Å². The maximum atomic E-state index is 13.7. The lowest BCUT2D eigenvalue weighted by molar-refractivity contribution is -0.135. The Kier molecular flexibility index (Phi) is 9.09. The van der Waals surface area contributed by atoms with Crippen molar-refractivity contribution in [1.82, 2.24) is 9.80 Å². The van der Waals surface area contributed by atoms with E-state index in [0.29, 0.717) is 41.9 Å². The Balaban J connectivity index is 1.53. The number of fused-ring (bicyclic) bond motifs is 1. The standard InChI is InChI=1S/C28H30BrClN2O3S/c1-19(2)10-13-31(28(34)20-4-3-5-21(29)16-20)17-27(33)32-14-11-26-24(12-15-36-26)25(32)18-35-23-8-6-22(30)7-9-23/h3-9,12,15-16,19,25H,10-11,13-14,17-18H2,1-2H3. The van der Waals surface area contributed by atoms with Gasteiger partial charge in [-0.25, -0.2) is 0 Å². The smallest absolute Gasteiger partial charge is 0.254 e. The number of carbonyl (C=O) groups excluding carboxylic acids is 2. The summed E-state index contributed by atoms with van der Waals surface area (Å²) >= 11 is 11.2. The van der Waals surface area contributed by atoms with Gasteiger partial charge in [0.2, 0.25) is 5.91 Å². The first kappa shape index (κ1) is 26.7. The summed E-state index contributed by atoms with van der Waals surface area (Å²) in [5.74, 6) is 0.926. The second-order valence-electron chi connectivity index (χ2n) is 9.34. The van der Waals surface area contributed by atoms with Crippen LogP contribution in [0.2, 0.25) is 5.02 Å². The van der Waals surface area contributed by atoms with Crippen LogP contribution >= 0.6 is 38.9 Å². The average molecular weight is 590 g/mol. The molecular formula is C28H30BrClN2O3S. The molecule has 0 radical (unpaired) electrons. The van der Waals surface area contributed by atoms with Gasteiger partial charge in [0, 0.05) is 33.0 Å². The third kappa shape index (κ3) is 6.69. The van der Waals surface area contributed by atoms with Gasteiger partial charge in [0.15, 0.2) is 0 Å². The minimum absolute atomic E-state index is 0.0367. The fourth-order valence-electron chi connectivity index (χ4n) is 4.31. The summed E-state index contributed by atoms with van der Waals surface area (Å²) in [4.78, 5) is 32.0. The van der Waals surface area contributed by atoms with Crippen LogP contribution in [-0.2, 0) is 11.2 Å². The molecule has 0 spiro atoms. The fraction of sp³-hybridized carbons (Fsp3) is 0.357. The Bertz CT molecular complexity index is 1200. The Labute approximate surface area is 230 Å². The molecule has 2 heterocycles. The highest BCUT2D eigenvalue weighted by Crippen LogP contribution is 2.34. The molecule has 190 valence electrons. The number of carbonyl (C=O) groups is 2. The minimum Gasteiger partial charge on any atom is -0.491 e. The van der Waals surface area contributed by atoms with Gasteiger partial charge in [-0.3, -0.25) is 9.59 Å². The molecule has 1 aliphatic rings. The highest BCUT2D eigenvalue weighted by atomic mass is 79.9. The topological polar surface area (TPSA) is 49.9 Å². The number of benzene rings is 2. The van der Waals surface area contributed by atoms with Crippen molar-refractivity contribution in [2.45, 2.75) is 32.7 Å². The summed E-state index contributed by atoms with van der Waals surface area (Å²) in [5, 5.41) is 2.72. The molecule has 36 heavy (non-hydrogen) atoms. The van der Waals surface area contributed by atoms with Crippen molar-refractivity contribution in [2.75, 3.05) is 26.2 Å². The van der Waals surface area contributed by atoms with E-state index < -0.39 is 0 Å². The number of hydrogen-bond acceptors (Lipinski definition) is 4. The van der Waals surface area contributed by atoms with E-state index in [9.17, 15) is 9.59 Å². The highest BCUT2D eigenvalue weighted by molar-refractivity contribution is 9.10. The lowest BCUT2D eigenvalue weighted by Gasteiger charge is -2.37. The van der Waals surface area contributed by atoms with Crippen LogP contribution in [-0.4, -0.2) is 47.9 Å². The van der Waals surface area contributed by atoms with Crippen LogP contribution < -0.4 is 4.74 Å². The summed E-state index contributed by atoms with van der Waals surface area (Å²) < 4.78 is 6.92. The summed E-state index contributed by atoms with van der Waals surface area (Å²) in [5.41, 5.74) is 1.70. The number of nitrogens with zero attached hydrogens (tertiary/aromatic N) is 2. The number of amides is 2. The first-order chi connectivity index (χ1) is 17.3. The van der Waals surface area contributed by atoms with Gasteiger partial charge in [0.25, 0.3) is 5.91 Å². The fourth-order valence-corrected chi connectivity index (χ4v) is 5.76. The molecule has 0 saturated heterocycles. The number of thiophene rings is 1. The summed E-state index contributed by atoms with van der Waals surface area (Å²) in [6.07, 6.45) is 1.63. The maximum Gasteiger partial charge on any atom is 0.254 e. The van der Waals surface area contributed by atoms with Gasteiger partial charge in [-0.1, -0.05) is 47.4 Å². The number of rotatable bonds is 9. The zero-order valence-corrected chi connectivity index (χ0v) is 23.6. The van der Waals surface area contributed by atoms with E-state index >= 15 is 0 Å². The molecule has 1 aliphatic heterocycles. The van der Waals surface area contributed by atoms with E-state index in [1.807, 2.05) is 29.2 Å². The third-order valence-electron chi connectivity index (χ3n) is 6.30. The van der Waals surface area contributed by atoms with Gasteiger partial charge in [0.1, 0.15) is 18.9 Å². The van der Waals surface area contributed by atoms with Crippen LogP contribution in [0.1, 0.15) is 47.1 Å². The lowest BCUT2D eigenvalue weighted by Crippen LogP contribution is -2.48. The molecule has 1 atom stereocenters. The van der Waals surface area contributed by atoms with Gasteiger partial charge in [-0.15, -0.1) is 11.3 Å². The zero-order valence-electron chi connectivity index (χ0n) is 20.5. The Morgan fingerprint density at radius 1 is 1.19 bits per heavy atom. The molecule has 5 nitrogen and oxygen atoms in total. The molecule has 3 aromatic rings. The maximum absolute atomic E-state index is 13.7. The Morgan fingerprint density at radius 2 is 1.97 bits per heavy atom. The van der Waals surface area contributed by atoms with E-state index in [1.165, 1.54) is 4.88 Å². The normalized spacial score (nSPS) is 15.0. The molecule has 8 heteroatoms. The van der Waals surface area contributed by atoms with E-state index in [4.69, 9.17) is 16.3 Å². The SMILES string of the molecule is CC(C)CCN(CC(=O)N1CCc2sccc2C1COc1ccc(Cl)cc1)C(=O)c1cccc(Br)c1. The number of halogens is 2. The predicted molar refractivity (Wildman–Crippen MR) is 149 cm³/mol. The molecule has 0 N–H and O–H groups in total. The van der Waals surface area contributed by atoms with E-state index in [2.05, 4.69) is 41.2 Å². The van der Waals surface area contributed by atoms with Crippen LogP contribution in [0.3, 0.4) is 0 Å². The van der Waals surface area contributed by atoms with Crippen molar-refractivity contribution < 1.29 is 14.3 Å². The molecular weight excluding hydrogens is 560 g/mol. The van der Waals surface area contributed by atoms with Crippen molar-refractivity contribution in [2.24, 2.45) is 5.92 Å². The molecule has 0 saturated carbocycles. The van der Waals surface area contributed by atoms with Gasteiger partial charge in [-0.05, 0) is 78.2 Å². The summed E-state index contributed by atoms with van der Waals surface area (Å²) in [6.45, 7) is 5.74. The van der Waals surface area contributed by atoms with Crippen molar-refractivity contribution >= 4 is 50.7 Å².